The lowest BCUT2D eigenvalue weighted by atomic mass is 10.0. The molecule has 1 saturated heterocycles. The average molecular weight is 292 g/mol. The molecule has 2 amide bonds. The minimum atomic E-state index is -0.948. The Morgan fingerprint density at radius 1 is 1.38 bits per heavy atom. The molecule has 21 heavy (non-hydrogen) atoms. The van der Waals surface area contributed by atoms with Crippen LogP contribution in [0, 0.1) is 6.92 Å². The highest BCUT2D eigenvalue weighted by Crippen LogP contribution is 2.23. The second kappa shape index (κ2) is 6.47. The van der Waals surface area contributed by atoms with Gasteiger partial charge in [-0.25, -0.2) is 9.59 Å². The van der Waals surface area contributed by atoms with Crippen LogP contribution in [-0.2, 0) is 4.79 Å². The number of rotatable bonds is 3. The number of anilines is 1. The second-order valence-corrected chi connectivity index (χ2v) is 5.15. The highest BCUT2D eigenvalue weighted by Gasteiger charge is 2.32. The number of carboxylic acids is 1. The fourth-order valence-corrected chi connectivity index (χ4v) is 2.52. The van der Waals surface area contributed by atoms with E-state index in [1.54, 1.807) is 19.2 Å². The van der Waals surface area contributed by atoms with Crippen molar-refractivity contribution in [1.82, 2.24) is 4.90 Å². The Kier molecular flexibility index (Phi) is 4.67. The molecule has 6 heteroatoms. The van der Waals surface area contributed by atoms with Gasteiger partial charge in [-0.2, -0.15) is 0 Å². The number of amides is 2. The van der Waals surface area contributed by atoms with Crippen LogP contribution in [0.25, 0.3) is 0 Å². The molecule has 0 spiro atoms. The number of carbonyl (C=O) groups excluding carboxylic acids is 1. The summed E-state index contributed by atoms with van der Waals surface area (Å²) < 4.78 is 5.12. The lowest BCUT2D eigenvalue weighted by molar-refractivity contribution is -0.143. The van der Waals surface area contributed by atoms with Crippen molar-refractivity contribution in [2.75, 3.05) is 19.0 Å². The van der Waals surface area contributed by atoms with Crippen LogP contribution >= 0.6 is 0 Å². The molecule has 1 unspecified atom stereocenters. The number of aryl methyl sites for hydroxylation is 1. The first-order valence-electron chi connectivity index (χ1n) is 6.98. The minimum Gasteiger partial charge on any atom is -0.497 e. The first-order chi connectivity index (χ1) is 10.0. The molecule has 1 aliphatic heterocycles. The first-order valence-corrected chi connectivity index (χ1v) is 6.98. The highest BCUT2D eigenvalue weighted by molar-refractivity contribution is 5.93. The van der Waals surface area contributed by atoms with Gasteiger partial charge in [0, 0.05) is 12.2 Å². The van der Waals surface area contributed by atoms with Crippen LogP contribution in [-0.4, -0.2) is 41.7 Å². The van der Waals surface area contributed by atoms with Gasteiger partial charge in [0.05, 0.1) is 7.11 Å². The van der Waals surface area contributed by atoms with Gasteiger partial charge in [-0.1, -0.05) is 0 Å². The van der Waals surface area contributed by atoms with Crippen LogP contribution in [0.4, 0.5) is 10.5 Å². The Hall–Kier alpha value is -2.24. The number of ether oxygens (including phenoxy) is 1. The third kappa shape index (κ3) is 3.45. The predicted octanol–water partition coefficient (Wildman–Crippen LogP) is 2.47. The van der Waals surface area contributed by atoms with Crippen molar-refractivity contribution in [2.24, 2.45) is 0 Å². The number of hydrogen-bond donors (Lipinski definition) is 2. The van der Waals surface area contributed by atoms with E-state index < -0.39 is 12.0 Å². The zero-order chi connectivity index (χ0) is 15.4. The van der Waals surface area contributed by atoms with Crippen molar-refractivity contribution in [1.29, 1.82) is 0 Å². The number of piperidine rings is 1. The molecule has 0 radical (unpaired) electrons. The van der Waals surface area contributed by atoms with Crippen molar-refractivity contribution in [3.8, 4) is 5.75 Å². The van der Waals surface area contributed by atoms with Crippen LogP contribution in [0.3, 0.4) is 0 Å². The maximum Gasteiger partial charge on any atom is 0.326 e. The molecule has 0 aromatic heterocycles. The van der Waals surface area contributed by atoms with E-state index in [0.29, 0.717) is 24.4 Å². The van der Waals surface area contributed by atoms with Gasteiger partial charge in [-0.05, 0) is 49.9 Å². The molecular formula is C15H20N2O4. The molecule has 2 N–H and O–H groups in total. The molecule has 2 rings (SSSR count). The van der Waals surface area contributed by atoms with Gasteiger partial charge in [0.15, 0.2) is 0 Å². The lowest BCUT2D eigenvalue weighted by Gasteiger charge is -2.33. The smallest absolute Gasteiger partial charge is 0.326 e. The van der Waals surface area contributed by atoms with E-state index in [1.165, 1.54) is 4.90 Å². The summed E-state index contributed by atoms with van der Waals surface area (Å²) in [6.45, 7) is 2.33. The summed E-state index contributed by atoms with van der Waals surface area (Å²) >= 11 is 0. The van der Waals surface area contributed by atoms with E-state index in [1.807, 2.05) is 13.0 Å². The number of methoxy groups -OCH3 is 1. The van der Waals surface area contributed by atoms with Crippen LogP contribution < -0.4 is 10.1 Å². The number of carbonyl (C=O) groups is 2. The number of urea groups is 1. The number of carboxylic acid groups (broad SMARTS) is 1. The maximum atomic E-state index is 12.3. The fourth-order valence-electron chi connectivity index (χ4n) is 2.52. The lowest BCUT2D eigenvalue weighted by Crippen LogP contribution is -2.49. The number of benzene rings is 1. The standard InChI is InChI=1S/C15H20N2O4/c1-10-9-11(21-2)6-7-12(10)16-15(20)17-8-4-3-5-13(17)14(18)19/h6-7,9,13H,3-5,8H2,1-2H3,(H,16,20)(H,18,19). The third-order valence-corrected chi connectivity index (χ3v) is 3.72. The van der Waals surface area contributed by atoms with E-state index >= 15 is 0 Å². The summed E-state index contributed by atoms with van der Waals surface area (Å²) in [5, 5.41) is 12.0. The fraction of sp³-hybridized carbons (Fsp3) is 0.467. The zero-order valence-electron chi connectivity index (χ0n) is 12.3. The van der Waals surface area contributed by atoms with Crippen molar-refractivity contribution >= 4 is 17.7 Å². The summed E-state index contributed by atoms with van der Waals surface area (Å²) in [4.78, 5) is 24.9. The molecule has 6 nitrogen and oxygen atoms in total. The monoisotopic (exact) mass is 292 g/mol. The summed E-state index contributed by atoms with van der Waals surface area (Å²) in [7, 11) is 1.58. The van der Waals surface area contributed by atoms with E-state index in [0.717, 1.165) is 18.4 Å². The highest BCUT2D eigenvalue weighted by atomic mass is 16.5. The van der Waals surface area contributed by atoms with Crippen LogP contribution in [0.1, 0.15) is 24.8 Å². The van der Waals surface area contributed by atoms with Crippen LogP contribution in [0.5, 0.6) is 5.75 Å². The maximum absolute atomic E-state index is 12.3. The molecule has 1 atom stereocenters. The predicted molar refractivity (Wildman–Crippen MR) is 78.7 cm³/mol. The Morgan fingerprint density at radius 3 is 2.76 bits per heavy atom. The Bertz CT molecular complexity index is 544. The number of hydrogen-bond acceptors (Lipinski definition) is 3. The van der Waals surface area contributed by atoms with Crippen LogP contribution in [0.2, 0.25) is 0 Å². The second-order valence-electron chi connectivity index (χ2n) is 5.15. The Morgan fingerprint density at radius 2 is 2.14 bits per heavy atom. The van der Waals surface area contributed by atoms with Crippen molar-refractivity contribution in [2.45, 2.75) is 32.2 Å². The van der Waals surface area contributed by atoms with Gasteiger partial charge in [-0.3, -0.25) is 0 Å². The summed E-state index contributed by atoms with van der Waals surface area (Å²) in [5.74, 6) is -0.233. The first kappa shape index (κ1) is 15.2. The van der Waals surface area contributed by atoms with E-state index in [-0.39, 0.29) is 6.03 Å². The molecule has 1 heterocycles. The van der Waals surface area contributed by atoms with E-state index in [2.05, 4.69) is 5.32 Å². The molecule has 114 valence electrons. The van der Waals surface area contributed by atoms with E-state index in [4.69, 9.17) is 4.74 Å². The van der Waals surface area contributed by atoms with Gasteiger partial charge in [0.25, 0.3) is 0 Å². The quantitative estimate of drug-likeness (QED) is 0.897. The largest absolute Gasteiger partial charge is 0.497 e. The van der Waals surface area contributed by atoms with Gasteiger partial charge in [0.1, 0.15) is 11.8 Å². The van der Waals surface area contributed by atoms with Crippen molar-refractivity contribution < 1.29 is 19.4 Å². The van der Waals surface area contributed by atoms with Gasteiger partial charge >= 0.3 is 12.0 Å². The van der Waals surface area contributed by atoms with Gasteiger partial charge in [0.2, 0.25) is 0 Å². The topological polar surface area (TPSA) is 78.9 Å². The Balaban J connectivity index is 2.11. The molecule has 1 aromatic carbocycles. The number of likely N-dealkylation sites (tertiary alicyclic amines) is 1. The number of nitrogens with zero attached hydrogens (tertiary/aromatic N) is 1. The van der Waals surface area contributed by atoms with Gasteiger partial charge in [-0.15, -0.1) is 0 Å². The SMILES string of the molecule is COc1ccc(NC(=O)N2CCCCC2C(=O)O)c(C)c1. The Labute approximate surface area is 123 Å². The van der Waals surface area contributed by atoms with Crippen molar-refractivity contribution in [3.63, 3.8) is 0 Å². The number of aliphatic carboxylic acids is 1. The average Bonchev–Trinajstić information content (AvgIpc) is 2.49. The third-order valence-electron chi connectivity index (χ3n) is 3.72. The summed E-state index contributed by atoms with van der Waals surface area (Å²) in [5.41, 5.74) is 1.53. The molecular weight excluding hydrogens is 272 g/mol. The summed E-state index contributed by atoms with van der Waals surface area (Å²) in [6, 6.07) is 4.23. The normalized spacial score (nSPS) is 18.2. The molecule has 0 saturated carbocycles. The summed E-state index contributed by atoms with van der Waals surface area (Å²) in [6.07, 6.45) is 2.17. The minimum absolute atomic E-state index is 0.365. The van der Waals surface area contributed by atoms with E-state index in [9.17, 15) is 14.7 Å². The zero-order valence-corrected chi connectivity index (χ0v) is 12.3. The molecule has 1 fully saturated rings. The van der Waals surface area contributed by atoms with Gasteiger partial charge < -0.3 is 20.1 Å². The number of nitrogens with one attached hydrogen (secondary N) is 1. The molecule has 0 aliphatic carbocycles. The van der Waals surface area contributed by atoms with Crippen molar-refractivity contribution in [3.05, 3.63) is 23.8 Å². The molecule has 1 aliphatic rings. The van der Waals surface area contributed by atoms with Crippen LogP contribution in [0.15, 0.2) is 18.2 Å². The molecule has 0 bridgehead atoms. The molecule has 1 aromatic rings.